The lowest BCUT2D eigenvalue weighted by atomic mass is 10.1. The van der Waals surface area contributed by atoms with Gasteiger partial charge in [-0.2, -0.15) is 0 Å². The predicted octanol–water partition coefficient (Wildman–Crippen LogP) is 2.41. The van der Waals surface area contributed by atoms with E-state index in [-0.39, 0.29) is 11.3 Å². The molecule has 1 N–H and O–H groups in total. The number of carbonyl (C=O) groups excluding carboxylic acids is 1. The fourth-order valence-corrected chi connectivity index (χ4v) is 2.63. The summed E-state index contributed by atoms with van der Waals surface area (Å²) >= 11 is 0. The fraction of sp³-hybridized carbons (Fsp3) is 0.357. The van der Waals surface area contributed by atoms with Crippen molar-refractivity contribution < 1.29 is 13.2 Å². The molecule has 0 aliphatic carbocycles. The van der Waals surface area contributed by atoms with Gasteiger partial charge in [-0.1, -0.05) is 31.6 Å². The quantitative estimate of drug-likeness (QED) is 0.781. The van der Waals surface area contributed by atoms with Gasteiger partial charge in [0.15, 0.2) is 0 Å². The SMILES string of the molecule is C=CCCC(=O)NS(=O)(=O)c1ccc(CCC)cc1. The molecule has 4 nitrogen and oxygen atoms in total. The Hall–Kier alpha value is -1.62. The van der Waals surface area contributed by atoms with Crippen molar-refractivity contribution in [1.29, 1.82) is 0 Å². The Morgan fingerprint density at radius 1 is 1.32 bits per heavy atom. The van der Waals surface area contributed by atoms with Gasteiger partial charge >= 0.3 is 0 Å². The summed E-state index contributed by atoms with van der Waals surface area (Å²) in [4.78, 5) is 11.5. The highest BCUT2D eigenvalue weighted by molar-refractivity contribution is 7.90. The van der Waals surface area contributed by atoms with Gasteiger partial charge in [0.05, 0.1) is 4.90 Å². The van der Waals surface area contributed by atoms with Crippen molar-refractivity contribution in [2.45, 2.75) is 37.5 Å². The maximum absolute atomic E-state index is 11.9. The van der Waals surface area contributed by atoms with Crippen molar-refractivity contribution >= 4 is 15.9 Å². The Morgan fingerprint density at radius 2 is 1.95 bits per heavy atom. The van der Waals surface area contributed by atoms with E-state index in [1.54, 1.807) is 18.2 Å². The summed E-state index contributed by atoms with van der Waals surface area (Å²) in [7, 11) is -3.76. The number of amides is 1. The standard InChI is InChI=1S/C14H19NO3S/c1-3-5-7-14(16)15-19(17,18)13-10-8-12(6-4-2)9-11-13/h3,8-11H,1,4-7H2,2H3,(H,15,16). The van der Waals surface area contributed by atoms with Crippen LogP contribution in [0.5, 0.6) is 0 Å². The molecule has 0 spiro atoms. The molecule has 0 aliphatic rings. The summed E-state index contributed by atoms with van der Waals surface area (Å²) in [5, 5.41) is 0. The predicted molar refractivity (Wildman–Crippen MR) is 75.2 cm³/mol. The van der Waals surface area contributed by atoms with E-state index < -0.39 is 15.9 Å². The number of carbonyl (C=O) groups is 1. The zero-order valence-electron chi connectivity index (χ0n) is 11.1. The number of benzene rings is 1. The first-order valence-corrected chi connectivity index (χ1v) is 7.73. The average molecular weight is 281 g/mol. The monoisotopic (exact) mass is 281 g/mol. The molecule has 0 unspecified atom stereocenters. The lowest BCUT2D eigenvalue weighted by molar-refractivity contribution is -0.119. The summed E-state index contributed by atoms with van der Waals surface area (Å²) in [5.74, 6) is -0.516. The fourth-order valence-electron chi connectivity index (χ4n) is 1.62. The second-order valence-corrected chi connectivity index (χ2v) is 5.93. The van der Waals surface area contributed by atoms with Crippen molar-refractivity contribution in [3.05, 3.63) is 42.5 Å². The summed E-state index contributed by atoms with van der Waals surface area (Å²) in [6.07, 6.45) is 4.07. The van der Waals surface area contributed by atoms with Crippen LogP contribution in [-0.4, -0.2) is 14.3 Å². The molecule has 0 fully saturated rings. The number of nitrogens with one attached hydrogen (secondary N) is 1. The van der Waals surface area contributed by atoms with Crippen LogP contribution in [0.2, 0.25) is 0 Å². The molecule has 0 aliphatic heterocycles. The third-order valence-electron chi connectivity index (χ3n) is 2.60. The van der Waals surface area contributed by atoms with E-state index in [4.69, 9.17) is 0 Å². The highest BCUT2D eigenvalue weighted by Gasteiger charge is 2.16. The van der Waals surface area contributed by atoms with Gasteiger partial charge < -0.3 is 0 Å². The Morgan fingerprint density at radius 3 is 2.47 bits per heavy atom. The van der Waals surface area contributed by atoms with Crippen LogP contribution in [-0.2, 0) is 21.2 Å². The number of allylic oxidation sites excluding steroid dienone is 1. The normalized spacial score (nSPS) is 11.0. The Labute approximate surface area is 114 Å². The molecule has 1 aromatic rings. The zero-order valence-corrected chi connectivity index (χ0v) is 11.9. The van der Waals surface area contributed by atoms with Crippen LogP contribution in [0.15, 0.2) is 41.8 Å². The molecule has 0 saturated carbocycles. The van der Waals surface area contributed by atoms with Gasteiger partial charge in [0.1, 0.15) is 0 Å². The Bertz CT molecular complexity index is 532. The summed E-state index contributed by atoms with van der Waals surface area (Å²) in [6.45, 7) is 5.54. The van der Waals surface area contributed by atoms with E-state index in [2.05, 4.69) is 13.5 Å². The van der Waals surface area contributed by atoms with E-state index in [0.29, 0.717) is 6.42 Å². The molecule has 1 aromatic carbocycles. The van der Waals surface area contributed by atoms with Crippen LogP contribution >= 0.6 is 0 Å². The zero-order chi connectivity index (χ0) is 14.3. The van der Waals surface area contributed by atoms with Gasteiger partial charge in [-0.25, -0.2) is 13.1 Å². The highest BCUT2D eigenvalue weighted by Crippen LogP contribution is 2.12. The van der Waals surface area contributed by atoms with E-state index in [1.807, 2.05) is 4.72 Å². The number of aryl methyl sites for hydroxylation is 1. The molecule has 0 heterocycles. The minimum Gasteiger partial charge on any atom is -0.274 e. The van der Waals surface area contributed by atoms with Gasteiger partial charge in [0, 0.05) is 6.42 Å². The first-order chi connectivity index (χ1) is 8.99. The third kappa shape index (κ3) is 4.87. The van der Waals surface area contributed by atoms with Gasteiger partial charge in [-0.05, 0) is 30.5 Å². The summed E-state index contributed by atoms with van der Waals surface area (Å²) in [5.41, 5.74) is 1.08. The molecule has 0 atom stereocenters. The first kappa shape index (κ1) is 15.4. The molecule has 0 aromatic heterocycles. The van der Waals surface area contributed by atoms with E-state index in [9.17, 15) is 13.2 Å². The largest absolute Gasteiger partial charge is 0.274 e. The summed E-state index contributed by atoms with van der Waals surface area (Å²) < 4.78 is 25.9. The number of rotatable bonds is 7. The summed E-state index contributed by atoms with van der Waals surface area (Å²) in [6, 6.07) is 6.58. The third-order valence-corrected chi connectivity index (χ3v) is 3.99. The number of hydrogen-bond donors (Lipinski definition) is 1. The van der Waals surface area contributed by atoms with E-state index in [0.717, 1.165) is 18.4 Å². The number of hydrogen-bond acceptors (Lipinski definition) is 3. The van der Waals surface area contributed by atoms with Gasteiger partial charge in [-0.3, -0.25) is 4.79 Å². The molecule has 104 valence electrons. The van der Waals surface area contributed by atoms with Crippen LogP contribution in [0.1, 0.15) is 31.7 Å². The Balaban J connectivity index is 2.76. The maximum atomic E-state index is 11.9. The lowest BCUT2D eigenvalue weighted by Crippen LogP contribution is -2.30. The molecule has 5 heteroatoms. The molecule has 1 amide bonds. The molecule has 0 bridgehead atoms. The highest BCUT2D eigenvalue weighted by atomic mass is 32.2. The van der Waals surface area contributed by atoms with Crippen LogP contribution in [0.4, 0.5) is 0 Å². The van der Waals surface area contributed by atoms with Crippen molar-refractivity contribution in [1.82, 2.24) is 4.72 Å². The molecular formula is C14H19NO3S. The maximum Gasteiger partial charge on any atom is 0.264 e. The molecule has 1 rings (SSSR count). The van der Waals surface area contributed by atoms with Gasteiger partial charge in [0.25, 0.3) is 10.0 Å². The van der Waals surface area contributed by atoms with E-state index >= 15 is 0 Å². The van der Waals surface area contributed by atoms with Crippen molar-refractivity contribution in [3.63, 3.8) is 0 Å². The van der Waals surface area contributed by atoms with Crippen LogP contribution in [0.3, 0.4) is 0 Å². The van der Waals surface area contributed by atoms with Gasteiger partial charge in [-0.15, -0.1) is 6.58 Å². The first-order valence-electron chi connectivity index (χ1n) is 6.25. The van der Waals surface area contributed by atoms with Crippen molar-refractivity contribution in [2.24, 2.45) is 0 Å². The second-order valence-electron chi connectivity index (χ2n) is 4.25. The smallest absolute Gasteiger partial charge is 0.264 e. The topological polar surface area (TPSA) is 63.2 Å². The molecule has 0 saturated heterocycles. The van der Waals surface area contributed by atoms with Crippen LogP contribution in [0, 0.1) is 0 Å². The van der Waals surface area contributed by atoms with Crippen LogP contribution in [0.25, 0.3) is 0 Å². The second kappa shape index (κ2) is 7.09. The minimum atomic E-state index is -3.76. The van der Waals surface area contributed by atoms with Crippen LogP contribution < -0.4 is 4.72 Å². The minimum absolute atomic E-state index is 0.110. The van der Waals surface area contributed by atoms with Crippen molar-refractivity contribution in [3.8, 4) is 0 Å². The average Bonchev–Trinajstić information content (AvgIpc) is 2.37. The lowest BCUT2D eigenvalue weighted by Gasteiger charge is -2.07. The van der Waals surface area contributed by atoms with Crippen molar-refractivity contribution in [2.75, 3.05) is 0 Å². The van der Waals surface area contributed by atoms with Gasteiger partial charge in [0.2, 0.25) is 5.91 Å². The molecule has 0 radical (unpaired) electrons. The molecular weight excluding hydrogens is 262 g/mol. The molecule has 19 heavy (non-hydrogen) atoms. The van der Waals surface area contributed by atoms with E-state index in [1.165, 1.54) is 12.1 Å². The number of sulfonamides is 1. The Kier molecular flexibility index (Phi) is 5.76.